The first kappa shape index (κ1) is 23.9. The summed E-state index contributed by atoms with van der Waals surface area (Å²) in [6, 6.07) is 11.4. The summed E-state index contributed by atoms with van der Waals surface area (Å²) in [5.74, 6) is -5.44. The van der Waals surface area contributed by atoms with Gasteiger partial charge in [-0.1, -0.05) is 50.2 Å². The Bertz CT molecular complexity index is 1040. The molecule has 0 saturated carbocycles. The predicted molar refractivity (Wildman–Crippen MR) is 113 cm³/mol. The summed E-state index contributed by atoms with van der Waals surface area (Å²) < 4.78 is 42.0. The monoisotopic (exact) mass is 431 g/mol. The van der Waals surface area contributed by atoms with Crippen LogP contribution in [-0.2, 0) is 11.4 Å². The van der Waals surface area contributed by atoms with Crippen LogP contribution in [0.2, 0.25) is 0 Å². The van der Waals surface area contributed by atoms with E-state index < -0.39 is 34.6 Å². The van der Waals surface area contributed by atoms with E-state index in [-0.39, 0.29) is 12.4 Å². The van der Waals surface area contributed by atoms with Crippen LogP contribution < -0.4 is 10.8 Å². The largest absolute Gasteiger partial charge is 0.337 e. The first-order valence-corrected chi connectivity index (χ1v) is 9.70. The molecule has 0 bridgehead atoms. The van der Waals surface area contributed by atoms with Crippen LogP contribution in [0.1, 0.15) is 40.9 Å². The molecule has 1 aromatic heterocycles. The summed E-state index contributed by atoms with van der Waals surface area (Å²) in [4.78, 5) is 21.7. The zero-order valence-electron chi connectivity index (χ0n) is 17.7. The number of carbonyl (C=O) groups excluding carboxylic acids is 1. The van der Waals surface area contributed by atoms with Crippen LogP contribution in [0, 0.1) is 31.3 Å². The van der Waals surface area contributed by atoms with Crippen molar-refractivity contribution in [1.82, 2.24) is 10.5 Å². The van der Waals surface area contributed by atoms with Crippen LogP contribution in [0.4, 0.5) is 24.7 Å². The molecule has 0 aliphatic carbocycles. The van der Waals surface area contributed by atoms with Gasteiger partial charge >= 0.3 is 0 Å². The number of hydrogen-bond donors (Lipinski definition) is 2. The molecule has 164 valence electrons. The lowest BCUT2D eigenvalue weighted by atomic mass is 10.1. The second kappa shape index (κ2) is 11.1. The van der Waals surface area contributed by atoms with Crippen molar-refractivity contribution in [2.75, 3.05) is 5.32 Å². The number of carbonyl (C=O) groups is 1. The number of anilines is 2. The SMILES string of the molecule is CC.Cc1cnc(Nc2c(C(=O)NOCc3ccccc3)cc(F)c(F)c2F)c(C)c1. The molecule has 0 atom stereocenters. The maximum absolute atomic E-state index is 14.4. The van der Waals surface area contributed by atoms with Crippen molar-refractivity contribution >= 4 is 17.4 Å². The Morgan fingerprint density at radius 2 is 1.71 bits per heavy atom. The van der Waals surface area contributed by atoms with Crippen LogP contribution in [0.5, 0.6) is 0 Å². The third kappa shape index (κ3) is 6.05. The third-order valence-electron chi connectivity index (χ3n) is 4.11. The molecule has 5 nitrogen and oxygen atoms in total. The third-order valence-corrected chi connectivity index (χ3v) is 4.11. The molecule has 0 aliphatic heterocycles. The van der Waals surface area contributed by atoms with Gasteiger partial charge in [-0.3, -0.25) is 9.63 Å². The Morgan fingerprint density at radius 1 is 1.03 bits per heavy atom. The fourth-order valence-electron chi connectivity index (χ4n) is 2.68. The van der Waals surface area contributed by atoms with E-state index in [9.17, 15) is 18.0 Å². The molecule has 3 rings (SSSR count). The molecular weight excluding hydrogens is 407 g/mol. The van der Waals surface area contributed by atoms with E-state index in [1.165, 1.54) is 6.20 Å². The molecule has 31 heavy (non-hydrogen) atoms. The number of pyridine rings is 1. The van der Waals surface area contributed by atoms with Gasteiger partial charge in [-0.05, 0) is 36.6 Å². The van der Waals surface area contributed by atoms with Crippen molar-refractivity contribution in [3.63, 3.8) is 0 Å². The van der Waals surface area contributed by atoms with Crippen LogP contribution in [0.25, 0.3) is 0 Å². The highest BCUT2D eigenvalue weighted by molar-refractivity contribution is 6.00. The number of hydrogen-bond acceptors (Lipinski definition) is 4. The maximum Gasteiger partial charge on any atom is 0.277 e. The number of hydroxylamine groups is 1. The molecule has 0 radical (unpaired) electrons. The van der Waals surface area contributed by atoms with Gasteiger partial charge in [-0.2, -0.15) is 0 Å². The molecule has 0 aliphatic rings. The van der Waals surface area contributed by atoms with Crippen LogP contribution >= 0.6 is 0 Å². The molecule has 2 aromatic carbocycles. The minimum absolute atomic E-state index is 0.0418. The molecule has 0 saturated heterocycles. The van der Waals surface area contributed by atoms with E-state index in [1.54, 1.807) is 37.3 Å². The number of nitrogens with zero attached hydrogens (tertiary/aromatic N) is 1. The van der Waals surface area contributed by atoms with Crippen molar-refractivity contribution in [3.05, 3.63) is 88.4 Å². The highest BCUT2D eigenvalue weighted by Gasteiger charge is 2.24. The van der Waals surface area contributed by atoms with Crippen LogP contribution in [0.3, 0.4) is 0 Å². The van der Waals surface area contributed by atoms with Crippen molar-refractivity contribution in [2.45, 2.75) is 34.3 Å². The zero-order chi connectivity index (χ0) is 23.0. The van der Waals surface area contributed by atoms with Crippen molar-refractivity contribution in [1.29, 1.82) is 0 Å². The van der Waals surface area contributed by atoms with E-state index in [4.69, 9.17) is 4.84 Å². The average Bonchev–Trinajstić information content (AvgIpc) is 2.77. The quantitative estimate of drug-likeness (QED) is 0.386. The lowest BCUT2D eigenvalue weighted by Crippen LogP contribution is -2.25. The van der Waals surface area contributed by atoms with Gasteiger partial charge in [0.05, 0.1) is 17.9 Å². The first-order chi connectivity index (χ1) is 14.9. The normalized spacial score (nSPS) is 10.2. The highest BCUT2D eigenvalue weighted by atomic mass is 19.2. The maximum atomic E-state index is 14.4. The second-order valence-electron chi connectivity index (χ2n) is 6.42. The van der Waals surface area contributed by atoms with Crippen molar-refractivity contribution in [2.24, 2.45) is 0 Å². The Hall–Kier alpha value is -3.39. The molecule has 1 heterocycles. The highest BCUT2D eigenvalue weighted by Crippen LogP contribution is 2.29. The number of rotatable bonds is 6. The molecular formula is C23H24F3N3O2. The fraction of sp³-hybridized carbons (Fsp3) is 0.217. The van der Waals surface area contributed by atoms with Crippen LogP contribution in [0.15, 0.2) is 48.7 Å². The first-order valence-electron chi connectivity index (χ1n) is 9.70. The lowest BCUT2D eigenvalue weighted by molar-refractivity contribution is 0.0233. The number of aromatic nitrogens is 1. The van der Waals surface area contributed by atoms with Crippen molar-refractivity contribution < 1.29 is 22.8 Å². The average molecular weight is 431 g/mol. The van der Waals surface area contributed by atoms with Gasteiger partial charge in [0.25, 0.3) is 5.91 Å². The molecule has 0 unspecified atom stereocenters. The number of aryl methyl sites for hydroxylation is 2. The van der Waals surface area contributed by atoms with Gasteiger partial charge in [0.1, 0.15) is 5.82 Å². The smallest absolute Gasteiger partial charge is 0.277 e. The fourth-order valence-corrected chi connectivity index (χ4v) is 2.68. The van der Waals surface area contributed by atoms with E-state index in [2.05, 4.69) is 15.8 Å². The summed E-state index contributed by atoms with van der Waals surface area (Å²) in [6.07, 6.45) is 1.52. The summed E-state index contributed by atoms with van der Waals surface area (Å²) in [5, 5.41) is 2.58. The van der Waals surface area contributed by atoms with Gasteiger partial charge in [0, 0.05) is 6.20 Å². The standard InChI is InChI=1S/C21H18F3N3O2.C2H6/c1-12-8-13(2)20(25-10-12)26-19-15(9-16(22)17(23)18(19)24)21(28)27-29-11-14-6-4-3-5-7-14;1-2/h3-10H,11H2,1-2H3,(H,25,26)(H,27,28);1-2H3. The molecule has 0 fully saturated rings. The molecule has 2 N–H and O–H groups in total. The number of halogens is 3. The minimum Gasteiger partial charge on any atom is -0.337 e. The topological polar surface area (TPSA) is 63.2 Å². The van der Waals surface area contributed by atoms with E-state index >= 15 is 0 Å². The summed E-state index contributed by atoms with van der Waals surface area (Å²) in [5.41, 5.74) is 3.40. The van der Waals surface area contributed by atoms with E-state index in [0.29, 0.717) is 11.6 Å². The Labute approximate surface area is 179 Å². The molecule has 3 aromatic rings. The molecule has 0 spiro atoms. The Balaban J connectivity index is 0.00000166. The van der Waals surface area contributed by atoms with E-state index in [1.807, 2.05) is 26.8 Å². The summed E-state index contributed by atoms with van der Waals surface area (Å²) >= 11 is 0. The van der Waals surface area contributed by atoms with Gasteiger partial charge in [0.15, 0.2) is 17.5 Å². The number of nitrogens with one attached hydrogen (secondary N) is 2. The Morgan fingerprint density at radius 3 is 2.35 bits per heavy atom. The van der Waals surface area contributed by atoms with Crippen LogP contribution in [-0.4, -0.2) is 10.9 Å². The predicted octanol–water partition coefficient (Wildman–Crippen LogP) is 5.75. The number of amides is 1. The lowest BCUT2D eigenvalue weighted by Gasteiger charge is -2.15. The molecule has 8 heteroatoms. The zero-order valence-corrected chi connectivity index (χ0v) is 17.7. The number of benzene rings is 2. The second-order valence-corrected chi connectivity index (χ2v) is 6.42. The summed E-state index contributed by atoms with van der Waals surface area (Å²) in [6.45, 7) is 7.58. The molecule has 1 amide bonds. The van der Waals surface area contributed by atoms with E-state index in [0.717, 1.165) is 11.1 Å². The van der Waals surface area contributed by atoms with Crippen molar-refractivity contribution in [3.8, 4) is 0 Å². The van der Waals surface area contributed by atoms with Gasteiger partial charge in [0.2, 0.25) is 0 Å². The minimum atomic E-state index is -1.70. The van der Waals surface area contributed by atoms with Gasteiger partial charge in [-0.25, -0.2) is 23.6 Å². The summed E-state index contributed by atoms with van der Waals surface area (Å²) in [7, 11) is 0. The Kier molecular flexibility index (Phi) is 8.57. The van der Waals surface area contributed by atoms with Gasteiger partial charge in [-0.15, -0.1) is 0 Å². The van der Waals surface area contributed by atoms with Gasteiger partial charge < -0.3 is 5.32 Å².